The summed E-state index contributed by atoms with van der Waals surface area (Å²) in [5.74, 6) is -3.10. The van der Waals surface area contributed by atoms with Crippen molar-refractivity contribution in [2.45, 2.75) is 19.3 Å². The van der Waals surface area contributed by atoms with Gasteiger partial charge in [0.2, 0.25) is 0 Å². The monoisotopic (exact) mass is 199 g/mol. The highest BCUT2D eigenvalue weighted by Gasteiger charge is 2.26. The number of aliphatic carboxylic acids is 2. The lowest BCUT2D eigenvalue weighted by molar-refractivity contribution is -0.145. The molecule has 0 aromatic carbocycles. The smallest absolute Gasteiger partial charge is 0.313 e. The molecule has 1 heterocycles. The van der Waals surface area contributed by atoms with Crippen LogP contribution in [0.2, 0.25) is 0 Å². The molecule has 0 saturated heterocycles. The first-order valence-corrected chi connectivity index (χ1v) is 3.88. The molecule has 2 N–H and O–H groups in total. The number of nitrogens with zero attached hydrogens (tertiary/aromatic N) is 1. The summed E-state index contributed by atoms with van der Waals surface area (Å²) in [6.45, 7) is 1.61. The number of carboxylic acids is 2. The fourth-order valence-electron chi connectivity index (χ4n) is 1.04. The maximum Gasteiger partial charge on any atom is 0.313 e. The lowest BCUT2D eigenvalue weighted by Gasteiger charge is -2.04. The summed E-state index contributed by atoms with van der Waals surface area (Å²) < 4.78 is 4.67. The second-order valence-electron chi connectivity index (χ2n) is 2.85. The van der Waals surface area contributed by atoms with E-state index < -0.39 is 24.3 Å². The predicted molar refractivity (Wildman–Crippen MR) is 43.9 cm³/mol. The Bertz CT molecular complexity index is 356. The molecule has 76 valence electrons. The molecular weight excluding hydrogens is 190 g/mol. The number of hydrogen-bond donors (Lipinski definition) is 2. The first-order chi connectivity index (χ1) is 6.50. The normalized spacial score (nSPS) is 12.4. The molecule has 1 aromatic heterocycles. The Balaban J connectivity index is 2.88. The molecule has 0 aliphatic carbocycles. The number of aromatic nitrogens is 1. The molecule has 0 bridgehead atoms. The molecule has 0 amide bonds. The van der Waals surface area contributed by atoms with E-state index in [-0.39, 0.29) is 5.69 Å². The Morgan fingerprint density at radius 2 is 2.21 bits per heavy atom. The van der Waals surface area contributed by atoms with Crippen LogP contribution in [0.1, 0.15) is 23.8 Å². The molecule has 14 heavy (non-hydrogen) atoms. The number of carbonyl (C=O) groups is 2. The minimum absolute atomic E-state index is 0.136. The molecule has 1 atom stereocenters. The Hall–Kier alpha value is -1.85. The van der Waals surface area contributed by atoms with Crippen LogP contribution in [0, 0.1) is 6.92 Å². The largest absolute Gasteiger partial charge is 0.481 e. The van der Waals surface area contributed by atoms with Crippen molar-refractivity contribution < 1.29 is 24.3 Å². The lowest BCUT2D eigenvalue weighted by Crippen LogP contribution is -2.16. The molecule has 6 nitrogen and oxygen atoms in total. The van der Waals surface area contributed by atoms with Crippen molar-refractivity contribution in [2.75, 3.05) is 0 Å². The highest BCUT2D eigenvalue weighted by atomic mass is 16.5. The van der Waals surface area contributed by atoms with Crippen LogP contribution in [0.25, 0.3) is 0 Å². The fourth-order valence-corrected chi connectivity index (χ4v) is 1.04. The van der Waals surface area contributed by atoms with E-state index in [9.17, 15) is 9.59 Å². The lowest BCUT2D eigenvalue weighted by atomic mass is 10.0. The molecule has 0 fully saturated rings. The van der Waals surface area contributed by atoms with E-state index in [2.05, 4.69) is 9.68 Å². The van der Waals surface area contributed by atoms with E-state index in [1.165, 1.54) is 6.07 Å². The van der Waals surface area contributed by atoms with Crippen LogP contribution in [0.15, 0.2) is 10.6 Å². The van der Waals surface area contributed by atoms with Crippen molar-refractivity contribution in [3.63, 3.8) is 0 Å². The average Bonchev–Trinajstić information content (AvgIpc) is 2.46. The first-order valence-electron chi connectivity index (χ1n) is 3.88. The van der Waals surface area contributed by atoms with Gasteiger partial charge in [0.15, 0.2) is 0 Å². The molecule has 0 aliphatic rings. The summed E-state index contributed by atoms with van der Waals surface area (Å²) in [4.78, 5) is 21.1. The van der Waals surface area contributed by atoms with Gasteiger partial charge >= 0.3 is 11.9 Å². The van der Waals surface area contributed by atoms with Crippen LogP contribution >= 0.6 is 0 Å². The first kappa shape index (κ1) is 10.2. The van der Waals surface area contributed by atoms with E-state index in [1.807, 2.05) is 0 Å². The van der Waals surface area contributed by atoms with Gasteiger partial charge in [-0.05, 0) is 6.92 Å². The molecule has 1 rings (SSSR count). The maximum atomic E-state index is 10.7. The van der Waals surface area contributed by atoms with Gasteiger partial charge in [0, 0.05) is 6.07 Å². The predicted octanol–water partition coefficient (Wildman–Crippen LogP) is 0.626. The van der Waals surface area contributed by atoms with Crippen molar-refractivity contribution >= 4 is 11.9 Å². The van der Waals surface area contributed by atoms with E-state index >= 15 is 0 Å². The van der Waals surface area contributed by atoms with Crippen LogP contribution < -0.4 is 0 Å². The van der Waals surface area contributed by atoms with Crippen LogP contribution in [-0.2, 0) is 9.59 Å². The minimum atomic E-state index is -1.22. The average molecular weight is 199 g/mol. The zero-order chi connectivity index (χ0) is 10.7. The van der Waals surface area contributed by atoms with E-state index in [0.29, 0.717) is 5.76 Å². The second kappa shape index (κ2) is 3.91. The van der Waals surface area contributed by atoms with Crippen LogP contribution in [0.3, 0.4) is 0 Å². The quantitative estimate of drug-likeness (QED) is 0.737. The summed E-state index contributed by atoms with van der Waals surface area (Å²) >= 11 is 0. The highest BCUT2D eigenvalue weighted by molar-refractivity contribution is 5.81. The number of aryl methyl sites for hydroxylation is 1. The van der Waals surface area contributed by atoms with Crippen molar-refractivity contribution in [3.8, 4) is 0 Å². The van der Waals surface area contributed by atoms with E-state index in [0.717, 1.165) is 0 Å². The molecule has 0 radical (unpaired) electrons. The van der Waals surface area contributed by atoms with Crippen molar-refractivity contribution in [1.29, 1.82) is 0 Å². The molecule has 0 saturated carbocycles. The molecular formula is C8H9NO5. The molecule has 0 aliphatic heterocycles. The van der Waals surface area contributed by atoms with Gasteiger partial charge in [-0.1, -0.05) is 5.16 Å². The molecule has 1 aromatic rings. The van der Waals surface area contributed by atoms with Gasteiger partial charge < -0.3 is 14.7 Å². The fraction of sp³-hybridized carbons (Fsp3) is 0.375. The van der Waals surface area contributed by atoms with Gasteiger partial charge in [-0.15, -0.1) is 0 Å². The van der Waals surface area contributed by atoms with Gasteiger partial charge in [0.25, 0.3) is 0 Å². The summed E-state index contributed by atoms with van der Waals surface area (Å²) in [5, 5.41) is 20.7. The molecule has 1 unspecified atom stereocenters. The molecule has 0 spiro atoms. The van der Waals surface area contributed by atoms with Crippen molar-refractivity contribution in [1.82, 2.24) is 5.16 Å². The third kappa shape index (κ3) is 2.32. The topological polar surface area (TPSA) is 101 Å². The Morgan fingerprint density at radius 1 is 1.57 bits per heavy atom. The highest BCUT2D eigenvalue weighted by Crippen LogP contribution is 2.19. The van der Waals surface area contributed by atoms with Gasteiger partial charge in [0.1, 0.15) is 11.7 Å². The Labute approximate surface area is 79.1 Å². The summed E-state index contributed by atoms with van der Waals surface area (Å²) in [5.41, 5.74) is 0.136. The third-order valence-electron chi connectivity index (χ3n) is 1.68. The van der Waals surface area contributed by atoms with Crippen LogP contribution in [0.4, 0.5) is 0 Å². The summed E-state index contributed by atoms with van der Waals surface area (Å²) in [6, 6.07) is 1.42. The maximum absolute atomic E-state index is 10.7. The van der Waals surface area contributed by atoms with Crippen molar-refractivity contribution in [3.05, 3.63) is 17.5 Å². The Kier molecular flexibility index (Phi) is 2.85. The van der Waals surface area contributed by atoms with E-state index in [1.54, 1.807) is 6.92 Å². The van der Waals surface area contributed by atoms with Crippen molar-refractivity contribution in [2.24, 2.45) is 0 Å². The number of rotatable bonds is 4. The second-order valence-corrected chi connectivity index (χ2v) is 2.85. The standard InChI is InChI=1S/C8H9NO5/c1-4-2-6(9-14-4)5(8(12)13)3-7(10)11/h2,5H,3H2,1H3,(H,10,11)(H,12,13). The van der Waals surface area contributed by atoms with Gasteiger partial charge in [-0.3, -0.25) is 9.59 Å². The van der Waals surface area contributed by atoms with Gasteiger partial charge in [0.05, 0.1) is 12.1 Å². The van der Waals surface area contributed by atoms with Gasteiger partial charge in [-0.2, -0.15) is 0 Å². The summed E-state index contributed by atoms with van der Waals surface area (Å²) in [7, 11) is 0. The minimum Gasteiger partial charge on any atom is -0.481 e. The van der Waals surface area contributed by atoms with Crippen LogP contribution in [-0.4, -0.2) is 27.3 Å². The molecule has 6 heteroatoms. The zero-order valence-corrected chi connectivity index (χ0v) is 7.43. The zero-order valence-electron chi connectivity index (χ0n) is 7.43. The van der Waals surface area contributed by atoms with Crippen LogP contribution in [0.5, 0.6) is 0 Å². The number of carboxylic acid groups (broad SMARTS) is 2. The third-order valence-corrected chi connectivity index (χ3v) is 1.68. The number of hydrogen-bond acceptors (Lipinski definition) is 4. The Morgan fingerprint density at radius 3 is 2.57 bits per heavy atom. The SMILES string of the molecule is Cc1cc(C(CC(=O)O)C(=O)O)no1. The summed E-state index contributed by atoms with van der Waals surface area (Å²) in [6.07, 6.45) is -0.499. The van der Waals surface area contributed by atoms with Gasteiger partial charge in [-0.25, -0.2) is 0 Å². The van der Waals surface area contributed by atoms with E-state index in [4.69, 9.17) is 10.2 Å².